The summed E-state index contributed by atoms with van der Waals surface area (Å²) in [6.45, 7) is 2.23. The van der Waals surface area contributed by atoms with Gasteiger partial charge in [0.05, 0.1) is 6.20 Å². The Labute approximate surface area is 107 Å². The minimum atomic E-state index is 0.637. The molecule has 0 unspecified atom stereocenters. The van der Waals surface area contributed by atoms with E-state index in [2.05, 4.69) is 39.8 Å². The van der Waals surface area contributed by atoms with E-state index in [9.17, 15) is 0 Å². The summed E-state index contributed by atoms with van der Waals surface area (Å²) in [7, 11) is 0. The van der Waals surface area contributed by atoms with Crippen LogP contribution in [0.15, 0.2) is 30.5 Å². The van der Waals surface area contributed by atoms with E-state index in [0.29, 0.717) is 11.7 Å². The van der Waals surface area contributed by atoms with E-state index in [0.717, 1.165) is 24.2 Å². The first-order chi connectivity index (χ1) is 8.84. The second-order valence-corrected chi connectivity index (χ2v) is 4.85. The SMILES string of the molecule is Nc1[nH]ncc1-c1cccc(C2CCNCC2)c1. The number of hydrogen-bond acceptors (Lipinski definition) is 3. The van der Waals surface area contributed by atoms with Crippen LogP contribution in [0, 0.1) is 0 Å². The van der Waals surface area contributed by atoms with Crippen LogP contribution in [0.25, 0.3) is 11.1 Å². The second kappa shape index (κ2) is 4.82. The molecule has 0 bridgehead atoms. The van der Waals surface area contributed by atoms with Crippen LogP contribution < -0.4 is 11.1 Å². The van der Waals surface area contributed by atoms with E-state index < -0.39 is 0 Å². The fourth-order valence-electron chi connectivity index (χ4n) is 2.64. The van der Waals surface area contributed by atoms with Crippen molar-refractivity contribution in [3.8, 4) is 11.1 Å². The second-order valence-electron chi connectivity index (χ2n) is 4.85. The van der Waals surface area contributed by atoms with Gasteiger partial charge in [-0.15, -0.1) is 0 Å². The molecule has 1 aromatic heterocycles. The Kier molecular flexibility index (Phi) is 3.02. The van der Waals surface area contributed by atoms with Crippen molar-refractivity contribution < 1.29 is 0 Å². The normalized spacial score (nSPS) is 16.9. The van der Waals surface area contributed by atoms with Gasteiger partial charge in [-0.2, -0.15) is 5.10 Å². The quantitative estimate of drug-likeness (QED) is 0.755. The van der Waals surface area contributed by atoms with Gasteiger partial charge < -0.3 is 11.1 Å². The van der Waals surface area contributed by atoms with E-state index in [-0.39, 0.29) is 0 Å². The number of H-pyrrole nitrogens is 1. The number of aromatic nitrogens is 2. The number of aromatic amines is 1. The number of rotatable bonds is 2. The van der Waals surface area contributed by atoms with Gasteiger partial charge in [0.25, 0.3) is 0 Å². The predicted molar refractivity (Wildman–Crippen MR) is 73.3 cm³/mol. The van der Waals surface area contributed by atoms with Gasteiger partial charge in [-0.1, -0.05) is 24.3 Å². The van der Waals surface area contributed by atoms with Crippen molar-refractivity contribution in [2.75, 3.05) is 18.8 Å². The number of nitrogen functional groups attached to an aromatic ring is 1. The Morgan fingerprint density at radius 1 is 1.22 bits per heavy atom. The van der Waals surface area contributed by atoms with Crippen molar-refractivity contribution in [2.45, 2.75) is 18.8 Å². The average molecular weight is 242 g/mol. The molecule has 3 rings (SSSR count). The van der Waals surface area contributed by atoms with Crippen molar-refractivity contribution in [1.29, 1.82) is 0 Å². The van der Waals surface area contributed by atoms with Crippen LogP contribution in [0.2, 0.25) is 0 Å². The van der Waals surface area contributed by atoms with Crippen molar-refractivity contribution in [1.82, 2.24) is 15.5 Å². The maximum absolute atomic E-state index is 5.87. The number of anilines is 1. The lowest BCUT2D eigenvalue weighted by Crippen LogP contribution is -2.26. The summed E-state index contributed by atoms with van der Waals surface area (Å²) in [4.78, 5) is 0. The standard InChI is InChI=1S/C14H18N4/c15-14-13(9-17-18-14)12-3-1-2-11(8-12)10-4-6-16-7-5-10/h1-3,8-10,16H,4-7H2,(H3,15,17,18). The van der Waals surface area contributed by atoms with Crippen LogP contribution in [-0.2, 0) is 0 Å². The zero-order valence-corrected chi connectivity index (χ0v) is 10.3. The average Bonchev–Trinajstić information content (AvgIpc) is 2.86. The monoisotopic (exact) mass is 242 g/mol. The van der Waals surface area contributed by atoms with Crippen LogP contribution >= 0.6 is 0 Å². The molecule has 1 aliphatic heterocycles. The molecule has 1 fully saturated rings. The molecular weight excluding hydrogens is 224 g/mol. The maximum atomic E-state index is 5.87. The molecule has 0 atom stereocenters. The molecule has 0 amide bonds. The van der Waals surface area contributed by atoms with E-state index >= 15 is 0 Å². The largest absolute Gasteiger partial charge is 0.384 e. The van der Waals surface area contributed by atoms with Crippen LogP contribution in [-0.4, -0.2) is 23.3 Å². The number of benzene rings is 1. The first-order valence-corrected chi connectivity index (χ1v) is 6.44. The van der Waals surface area contributed by atoms with Crippen molar-refractivity contribution in [3.63, 3.8) is 0 Å². The molecule has 0 radical (unpaired) electrons. The fraction of sp³-hybridized carbons (Fsp3) is 0.357. The lowest BCUT2D eigenvalue weighted by atomic mass is 9.89. The summed E-state index contributed by atoms with van der Waals surface area (Å²) in [6, 6.07) is 8.66. The molecule has 2 aromatic rings. The highest BCUT2D eigenvalue weighted by Gasteiger charge is 2.16. The number of nitrogens with one attached hydrogen (secondary N) is 2. The summed E-state index contributed by atoms with van der Waals surface area (Å²) >= 11 is 0. The maximum Gasteiger partial charge on any atom is 0.126 e. The lowest BCUT2D eigenvalue weighted by molar-refractivity contribution is 0.460. The molecule has 4 nitrogen and oxygen atoms in total. The zero-order chi connectivity index (χ0) is 12.4. The summed E-state index contributed by atoms with van der Waals surface area (Å²) in [6.07, 6.45) is 4.21. The highest BCUT2D eigenvalue weighted by Crippen LogP contribution is 2.30. The van der Waals surface area contributed by atoms with Crippen molar-refractivity contribution in [3.05, 3.63) is 36.0 Å². The highest BCUT2D eigenvalue weighted by molar-refractivity contribution is 5.73. The highest BCUT2D eigenvalue weighted by atomic mass is 15.1. The van der Waals surface area contributed by atoms with Gasteiger partial charge in [0, 0.05) is 5.56 Å². The van der Waals surface area contributed by atoms with Gasteiger partial charge in [-0.05, 0) is 43.0 Å². The van der Waals surface area contributed by atoms with Crippen molar-refractivity contribution >= 4 is 5.82 Å². The zero-order valence-electron chi connectivity index (χ0n) is 10.3. The first-order valence-electron chi connectivity index (χ1n) is 6.44. The Morgan fingerprint density at radius 3 is 2.78 bits per heavy atom. The molecule has 0 aliphatic carbocycles. The van der Waals surface area contributed by atoms with Gasteiger partial charge in [0.15, 0.2) is 0 Å². The minimum absolute atomic E-state index is 0.637. The Hall–Kier alpha value is -1.81. The van der Waals surface area contributed by atoms with Crippen LogP contribution in [0.5, 0.6) is 0 Å². The summed E-state index contributed by atoms with van der Waals surface area (Å²) < 4.78 is 0. The topological polar surface area (TPSA) is 66.7 Å². The molecule has 1 aliphatic rings. The summed E-state index contributed by atoms with van der Waals surface area (Å²) in [5.41, 5.74) is 9.43. The van der Waals surface area contributed by atoms with Gasteiger partial charge >= 0.3 is 0 Å². The smallest absolute Gasteiger partial charge is 0.126 e. The first kappa shape index (κ1) is 11.3. The third kappa shape index (κ3) is 2.11. The van der Waals surface area contributed by atoms with Crippen LogP contribution in [0.3, 0.4) is 0 Å². The van der Waals surface area contributed by atoms with E-state index in [1.165, 1.54) is 18.4 Å². The number of piperidine rings is 1. The summed E-state index contributed by atoms with van der Waals surface area (Å²) in [5, 5.41) is 10.2. The van der Waals surface area contributed by atoms with Gasteiger partial charge in [0.1, 0.15) is 5.82 Å². The molecule has 18 heavy (non-hydrogen) atoms. The summed E-state index contributed by atoms with van der Waals surface area (Å²) in [5.74, 6) is 1.30. The Morgan fingerprint density at radius 2 is 2.06 bits per heavy atom. The number of nitrogens with zero attached hydrogens (tertiary/aromatic N) is 1. The fourth-order valence-corrected chi connectivity index (χ4v) is 2.64. The minimum Gasteiger partial charge on any atom is -0.384 e. The molecule has 1 aromatic carbocycles. The molecule has 4 heteroatoms. The van der Waals surface area contributed by atoms with E-state index in [1.54, 1.807) is 6.20 Å². The molecule has 94 valence electrons. The third-order valence-electron chi connectivity index (χ3n) is 3.68. The third-order valence-corrected chi connectivity index (χ3v) is 3.68. The molecule has 1 saturated heterocycles. The van der Waals surface area contributed by atoms with Gasteiger partial charge in [0.2, 0.25) is 0 Å². The van der Waals surface area contributed by atoms with Crippen molar-refractivity contribution in [2.24, 2.45) is 0 Å². The number of hydrogen-bond donors (Lipinski definition) is 3. The Bertz CT molecular complexity index is 526. The lowest BCUT2D eigenvalue weighted by Gasteiger charge is -2.23. The molecular formula is C14H18N4. The molecule has 0 spiro atoms. The predicted octanol–water partition coefficient (Wildman–Crippen LogP) is 2.13. The van der Waals surface area contributed by atoms with E-state index in [1.807, 2.05) is 0 Å². The molecule has 0 saturated carbocycles. The number of nitrogens with two attached hydrogens (primary N) is 1. The van der Waals surface area contributed by atoms with E-state index in [4.69, 9.17) is 5.73 Å². The Balaban J connectivity index is 1.91. The van der Waals surface area contributed by atoms with Gasteiger partial charge in [-0.25, -0.2) is 0 Å². The molecule has 4 N–H and O–H groups in total. The molecule has 2 heterocycles. The van der Waals surface area contributed by atoms with Crippen LogP contribution in [0.1, 0.15) is 24.3 Å². The van der Waals surface area contributed by atoms with Gasteiger partial charge in [-0.3, -0.25) is 5.10 Å². The van der Waals surface area contributed by atoms with Crippen LogP contribution in [0.4, 0.5) is 5.82 Å².